The molecule has 1 unspecified atom stereocenters. The van der Waals surface area contributed by atoms with E-state index in [9.17, 15) is 4.79 Å². The van der Waals surface area contributed by atoms with Crippen LogP contribution in [0.1, 0.15) is 39.5 Å². The molecule has 0 aromatic heterocycles. The summed E-state index contributed by atoms with van der Waals surface area (Å²) in [6, 6.07) is 0. The molecule has 4 heteroatoms. The molecule has 3 nitrogen and oxygen atoms in total. The summed E-state index contributed by atoms with van der Waals surface area (Å²) < 4.78 is 0. The van der Waals surface area contributed by atoms with Crippen LogP contribution in [0.3, 0.4) is 0 Å². The van der Waals surface area contributed by atoms with E-state index in [1.165, 1.54) is 19.3 Å². The summed E-state index contributed by atoms with van der Waals surface area (Å²) in [6.45, 7) is 8.58. The average molecular weight is 261 g/mol. The first-order valence-electron chi connectivity index (χ1n) is 6.55. The molecule has 0 aliphatic carbocycles. The van der Waals surface area contributed by atoms with Crippen LogP contribution in [-0.2, 0) is 4.79 Å². The van der Waals surface area contributed by atoms with Gasteiger partial charge < -0.3 is 10.2 Å². The number of nitrogens with one attached hydrogen (secondary N) is 1. The maximum absolute atomic E-state index is 12.1. The number of piperidine rings is 1. The van der Waals surface area contributed by atoms with Crippen molar-refractivity contribution < 1.29 is 4.79 Å². The summed E-state index contributed by atoms with van der Waals surface area (Å²) in [6.07, 6.45) is 4.34. The van der Waals surface area contributed by atoms with E-state index in [0.29, 0.717) is 17.2 Å². The number of hydrogen-bond donors (Lipinski definition) is 1. The molecule has 0 aromatic carbocycles. The van der Waals surface area contributed by atoms with Crippen LogP contribution in [0.4, 0.5) is 0 Å². The molecule has 0 saturated carbocycles. The number of nitrogens with zero attached hydrogens (tertiary/aromatic N) is 1. The topological polar surface area (TPSA) is 32.3 Å². The zero-order chi connectivity index (χ0) is 11.6. The van der Waals surface area contributed by atoms with Crippen molar-refractivity contribution in [3.8, 4) is 0 Å². The standard InChI is InChI=1S/C13H24N2O.ClH/c1-13(2)5-3-7-15(10-13)12(16)8-11-4-6-14-9-11;/h11,14H,3-10H2,1-2H3;1H. The van der Waals surface area contributed by atoms with Crippen molar-refractivity contribution in [2.75, 3.05) is 26.2 Å². The van der Waals surface area contributed by atoms with E-state index in [2.05, 4.69) is 24.1 Å². The quantitative estimate of drug-likeness (QED) is 0.824. The molecular formula is C13H25ClN2O. The molecule has 0 spiro atoms. The lowest BCUT2D eigenvalue weighted by atomic mass is 9.84. The zero-order valence-corrected chi connectivity index (χ0v) is 11.8. The Bertz CT molecular complexity index is 262. The number of hydrogen-bond acceptors (Lipinski definition) is 2. The lowest BCUT2D eigenvalue weighted by molar-refractivity contribution is -0.135. The van der Waals surface area contributed by atoms with E-state index < -0.39 is 0 Å². The molecule has 2 heterocycles. The molecule has 1 atom stereocenters. The summed E-state index contributed by atoms with van der Waals surface area (Å²) in [7, 11) is 0. The van der Waals surface area contributed by atoms with E-state index in [1.807, 2.05) is 0 Å². The van der Waals surface area contributed by atoms with Gasteiger partial charge in [0.2, 0.25) is 5.91 Å². The van der Waals surface area contributed by atoms with Crippen LogP contribution in [0.15, 0.2) is 0 Å². The van der Waals surface area contributed by atoms with Crippen molar-refractivity contribution in [1.29, 1.82) is 0 Å². The third-order valence-electron chi connectivity index (χ3n) is 3.88. The Labute approximate surface area is 111 Å². The fourth-order valence-corrected chi connectivity index (χ4v) is 2.90. The Morgan fingerprint density at radius 1 is 1.47 bits per heavy atom. The lowest BCUT2D eigenvalue weighted by Gasteiger charge is -2.38. The van der Waals surface area contributed by atoms with Gasteiger partial charge in [0.1, 0.15) is 0 Å². The molecule has 0 radical (unpaired) electrons. The van der Waals surface area contributed by atoms with Gasteiger partial charge >= 0.3 is 0 Å². The van der Waals surface area contributed by atoms with Crippen LogP contribution in [0.25, 0.3) is 0 Å². The molecule has 2 aliphatic heterocycles. The van der Waals surface area contributed by atoms with Crippen LogP contribution < -0.4 is 5.32 Å². The normalized spacial score (nSPS) is 27.6. The first-order chi connectivity index (χ1) is 7.57. The maximum atomic E-state index is 12.1. The molecule has 1 amide bonds. The average Bonchev–Trinajstić information content (AvgIpc) is 2.69. The number of halogens is 1. The van der Waals surface area contributed by atoms with Gasteiger partial charge in [-0.15, -0.1) is 12.4 Å². The Kier molecular flexibility index (Phi) is 5.26. The zero-order valence-electron chi connectivity index (χ0n) is 11.0. The highest BCUT2D eigenvalue weighted by Gasteiger charge is 2.30. The summed E-state index contributed by atoms with van der Waals surface area (Å²) in [5.41, 5.74) is 0.321. The Hall–Kier alpha value is -0.280. The van der Waals surface area contributed by atoms with Crippen molar-refractivity contribution in [2.45, 2.75) is 39.5 Å². The summed E-state index contributed by atoms with van der Waals surface area (Å²) in [4.78, 5) is 14.2. The van der Waals surface area contributed by atoms with Crippen molar-refractivity contribution in [2.24, 2.45) is 11.3 Å². The molecule has 2 rings (SSSR count). The molecule has 2 aliphatic rings. The molecule has 2 saturated heterocycles. The monoisotopic (exact) mass is 260 g/mol. The summed E-state index contributed by atoms with van der Waals surface area (Å²) >= 11 is 0. The minimum Gasteiger partial charge on any atom is -0.342 e. The lowest BCUT2D eigenvalue weighted by Crippen LogP contribution is -2.44. The minimum absolute atomic E-state index is 0. The van der Waals surface area contributed by atoms with E-state index >= 15 is 0 Å². The van der Waals surface area contributed by atoms with Gasteiger partial charge in [0, 0.05) is 19.5 Å². The number of carbonyl (C=O) groups is 1. The number of likely N-dealkylation sites (tertiary alicyclic amines) is 1. The van der Waals surface area contributed by atoms with Gasteiger partial charge in [0.25, 0.3) is 0 Å². The van der Waals surface area contributed by atoms with Crippen molar-refractivity contribution in [3.05, 3.63) is 0 Å². The molecule has 17 heavy (non-hydrogen) atoms. The highest BCUT2D eigenvalue weighted by molar-refractivity contribution is 5.85. The Morgan fingerprint density at radius 3 is 2.82 bits per heavy atom. The molecular weight excluding hydrogens is 236 g/mol. The third kappa shape index (κ3) is 4.14. The summed E-state index contributed by atoms with van der Waals surface area (Å²) in [5.74, 6) is 0.957. The first kappa shape index (κ1) is 14.8. The van der Waals surface area contributed by atoms with Gasteiger partial charge in [-0.05, 0) is 43.7 Å². The van der Waals surface area contributed by atoms with Crippen molar-refractivity contribution >= 4 is 18.3 Å². The SMILES string of the molecule is CC1(C)CCCN(C(=O)CC2CCNC2)C1.Cl. The van der Waals surface area contributed by atoms with Gasteiger partial charge in [-0.2, -0.15) is 0 Å². The number of rotatable bonds is 2. The Morgan fingerprint density at radius 2 is 2.24 bits per heavy atom. The van der Waals surface area contributed by atoms with Crippen LogP contribution >= 0.6 is 12.4 Å². The fraction of sp³-hybridized carbons (Fsp3) is 0.923. The van der Waals surface area contributed by atoms with Gasteiger partial charge in [0.15, 0.2) is 0 Å². The highest BCUT2D eigenvalue weighted by atomic mass is 35.5. The molecule has 2 fully saturated rings. The van der Waals surface area contributed by atoms with E-state index in [-0.39, 0.29) is 12.4 Å². The molecule has 1 N–H and O–H groups in total. The van der Waals surface area contributed by atoms with Gasteiger partial charge in [-0.1, -0.05) is 13.8 Å². The second-order valence-electron chi connectivity index (χ2n) is 6.15. The van der Waals surface area contributed by atoms with E-state index in [1.54, 1.807) is 0 Å². The third-order valence-corrected chi connectivity index (χ3v) is 3.88. The van der Waals surface area contributed by atoms with Gasteiger partial charge in [-0.3, -0.25) is 4.79 Å². The molecule has 0 bridgehead atoms. The maximum Gasteiger partial charge on any atom is 0.222 e. The second kappa shape index (κ2) is 6.05. The second-order valence-corrected chi connectivity index (χ2v) is 6.15. The predicted molar refractivity (Wildman–Crippen MR) is 72.4 cm³/mol. The van der Waals surface area contributed by atoms with Crippen LogP contribution in [0, 0.1) is 11.3 Å². The number of amides is 1. The molecule has 100 valence electrons. The van der Waals surface area contributed by atoms with Crippen LogP contribution in [0.5, 0.6) is 0 Å². The van der Waals surface area contributed by atoms with Gasteiger partial charge in [-0.25, -0.2) is 0 Å². The van der Waals surface area contributed by atoms with Crippen molar-refractivity contribution in [3.63, 3.8) is 0 Å². The fourth-order valence-electron chi connectivity index (χ4n) is 2.90. The largest absolute Gasteiger partial charge is 0.342 e. The van der Waals surface area contributed by atoms with Gasteiger partial charge in [0.05, 0.1) is 0 Å². The van der Waals surface area contributed by atoms with Crippen molar-refractivity contribution in [1.82, 2.24) is 10.2 Å². The highest BCUT2D eigenvalue weighted by Crippen LogP contribution is 2.29. The summed E-state index contributed by atoms with van der Waals surface area (Å²) in [5, 5.41) is 3.33. The van der Waals surface area contributed by atoms with Crippen LogP contribution in [-0.4, -0.2) is 37.0 Å². The predicted octanol–water partition coefficient (Wildman–Crippen LogP) is 2.06. The molecule has 0 aromatic rings. The van der Waals surface area contributed by atoms with Crippen LogP contribution in [0.2, 0.25) is 0 Å². The van der Waals surface area contributed by atoms with E-state index in [0.717, 1.165) is 32.6 Å². The van der Waals surface area contributed by atoms with E-state index in [4.69, 9.17) is 0 Å². The Balaban J connectivity index is 0.00000144. The first-order valence-corrected chi connectivity index (χ1v) is 6.55. The minimum atomic E-state index is 0. The number of carbonyl (C=O) groups excluding carboxylic acids is 1. The smallest absolute Gasteiger partial charge is 0.222 e.